The molecule has 3 nitrogen and oxygen atoms in total. The average molecular weight is 312 g/mol. The third-order valence-electron chi connectivity index (χ3n) is 2.66. The molecule has 0 radical (unpaired) electrons. The number of benzene rings is 1. The van der Waals surface area contributed by atoms with Crippen LogP contribution in [0.3, 0.4) is 0 Å². The Labute approximate surface area is 120 Å². The van der Waals surface area contributed by atoms with Crippen molar-refractivity contribution in [2.75, 3.05) is 26.8 Å². The predicted octanol–water partition coefficient (Wildman–Crippen LogP) is 3.10. The fraction of sp³-hybridized carbons (Fsp3) is 0.538. The molecule has 0 spiro atoms. The first kappa shape index (κ1) is 17.1. The van der Waals surface area contributed by atoms with E-state index < -0.39 is 12.7 Å². The van der Waals surface area contributed by atoms with Gasteiger partial charge in [0.25, 0.3) is 0 Å². The van der Waals surface area contributed by atoms with Crippen LogP contribution in [0.15, 0.2) is 18.2 Å². The zero-order chi connectivity index (χ0) is 15.2. The Hall–Kier alpha value is -0.980. The van der Waals surface area contributed by atoms with Crippen molar-refractivity contribution in [2.45, 2.75) is 19.1 Å². The highest BCUT2D eigenvalue weighted by Crippen LogP contribution is 2.26. The molecule has 1 aromatic rings. The van der Waals surface area contributed by atoms with Crippen LogP contribution in [0, 0.1) is 0 Å². The summed E-state index contributed by atoms with van der Waals surface area (Å²) in [5, 5.41) is 9.11. The number of methoxy groups -OCH3 is 1. The van der Waals surface area contributed by atoms with Crippen molar-refractivity contribution in [1.82, 2.24) is 4.90 Å². The van der Waals surface area contributed by atoms with Crippen LogP contribution in [0.25, 0.3) is 0 Å². The molecule has 0 unspecified atom stereocenters. The van der Waals surface area contributed by atoms with Gasteiger partial charge in [-0.25, -0.2) is 0 Å². The largest absolute Gasteiger partial charge is 0.495 e. The van der Waals surface area contributed by atoms with Crippen LogP contribution in [-0.4, -0.2) is 43.0 Å². The summed E-state index contributed by atoms with van der Waals surface area (Å²) in [7, 11) is 1.47. The van der Waals surface area contributed by atoms with Gasteiger partial charge in [-0.1, -0.05) is 17.7 Å². The second kappa shape index (κ2) is 7.71. The number of rotatable bonds is 7. The number of halogens is 4. The highest BCUT2D eigenvalue weighted by atomic mass is 35.5. The number of aliphatic hydroxyl groups is 1. The molecule has 0 fully saturated rings. The van der Waals surface area contributed by atoms with Gasteiger partial charge in [0.05, 0.1) is 18.7 Å². The molecule has 0 aromatic heterocycles. The van der Waals surface area contributed by atoms with Gasteiger partial charge in [-0.3, -0.25) is 4.90 Å². The zero-order valence-corrected chi connectivity index (χ0v) is 11.8. The Balaban J connectivity index is 2.75. The van der Waals surface area contributed by atoms with E-state index in [1.165, 1.54) is 12.0 Å². The summed E-state index contributed by atoms with van der Waals surface area (Å²) >= 11 is 5.94. The lowest BCUT2D eigenvalue weighted by Gasteiger charge is -2.23. The van der Waals surface area contributed by atoms with E-state index in [9.17, 15) is 13.2 Å². The number of nitrogens with zero attached hydrogens (tertiary/aromatic N) is 1. The Morgan fingerprint density at radius 3 is 2.55 bits per heavy atom. The molecule has 1 aromatic carbocycles. The van der Waals surface area contributed by atoms with E-state index in [1.807, 2.05) is 0 Å². The van der Waals surface area contributed by atoms with Crippen LogP contribution >= 0.6 is 11.6 Å². The molecule has 0 aliphatic carbocycles. The normalized spacial score (nSPS) is 11.9. The Kier molecular flexibility index (Phi) is 6.58. The Morgan fingerprint density at radius 1 is 1.35 bits per heavy atom. The summed E-state index contributed by atoms with van der Waals surface area (Å²) in [6.07, 6.45) is -3.98. The van der Waals surface area contributed by atoms with Crippen LogP contribution < -0.4 is 4.74 Å². The van der Waals surface area contributed by atoms with E-state index in [1.54, 1.807) is 18.2 Å². The molecule has 1 rings (SSSR count). The summed E-state index contributed by atoms with van der Waals surface area (Å²) < 4.78 is 42.4. The van der Waals surface area contributed by atoms with Gasteiger partial charge in [0, 0.05) is 19.7 Å². The minimum atomic E-state index is -4.27. The lowest BCUT2D eigenvalue weighted by molar-refractivity contribution is -0.147. The van der Waals surface area contributed by atoms with Crippen molar-refractivity contribution in [3.05, 3.63) is 28.8 Å². The van der Waals surface area contributed by atoms with E-state index in [2.05, 4.69) is 0 Å². The summed E-state index contributed by atoms with van der Waals surface area (Å²) in [5.74, 6) is 0.480. The molecule has 1 N–H and O–H groups in total. The molecular formula is C13H17ClF3NO2. The smallest absolute Gasteiger partial charge is 0.401 e. The van der Waals surface area contributed by atoms with Gasteiger partial charge in [0.2, 0.25) is 0 Å². The van der Waals surface area contributed by atoms with Gasteiger partial charge in [0.15, 0.2) is 0 Å². The molecule has 0 heterocycles. The Morgan fingerprint density at radius 2 is 2.05 bits per heavy atom. The summed E-state index contributed by atoms with van der Waals surface area (Å²) in [6, 6.07) is 4.88. The van der Waals surface area contributed by atoms with Gasteiger partial charge < -0.3 is 9.84 Å². The molecule has 7 heteroatoms. The second-order valence-corrected chi connectivity index (χ2v) is 4.78. The molecule has 0 aliphatic heterocycles. The van der Waals surface area contributed by atoms with E-state index in [0.29, 0.717) is 22.8 Å². The van der Waals surface area contributed by atoms with Crippen LogP contribution in [0.2, 0.25) is 5.02 Å². The van der Waals surface area contributed by atoms with Gasteiger partial charge in [0.1, 0.15) is 5.75 Å². The molecule has 0 atom stereocenters. The van der Waals surface area contributed by atoms with Crippen molar-refractivity contribution < 1.29 is 23.0 Å². The van der Waals surface area contributed by atoms with Crippen LogP contribution in [0.1, 0.15) is 12.0 Å². The van der Waals surface area contributed by atoms with Gasteiger partial charge in [-0.05, 0) is 24.1 Å². The summed E-state index contributed by atoms with van der Waals surface area (Å²) in [4.78, 5) is 1.23. The van der Waals surface area contributed by atoms with E-state index in [-0.39, 0.29) is 19.7 Å². The summed E-state index contributed by atoms with van der Waals surface area (Å²) in [5.41, 5.74) is 0.665. The molecular weight excluding hydrogens is 295 g/mol. The van der Waals surface area contributed by atoms with Crippen molar-refractivity contribution in [3.8, 4) is 5.75 Å². The quantitative estimate of drug-likeness (QED) is 0.840. The zero-order valence-electron chi connectivity index (χ0n) is 11.1. The third kappa shape index (κ3) is 5.98. The van der Waals surface area contributed by atoms with Crippen LogP contribution in [0.5, 0.6) is 5.75 Å². The van der Waals surface area contributed by atoms with E-state index in [0.717, 1.165) is 0 Å². The van der Waals surface area contributed by atoms with Crippen LogP contribution in [-0.2, 0) is 6.54 Å². The van der Waals surface area contributed by atoms with E-state index in [4.69, 9.17) is 21.4 Å². The molecule has 0 amide bonds. The highest BCUT2D eigenvalue weighted by molar-refractivity contribution is 6.32. The van der Waals surface area contributed by atoms with Crippen LogP contribution in [0.4, 0.5) is 13.2 Å². The van der Waals surface area contributed by atoms with Gasteiger partial charge in [-0.15, -0.1) is 0 Å². The van der Waals surface area contributed by atoms with Crippen molar-refractivity contribution in [3.63, 3.8) is 0 Å². The molecule has 114 valence electrons. The molecule has 20 heavy (non-hydrogen) atoms. The van der Waals surface area contributed by atoms with Gasteiger partial charge in [-0.2, -0.15) is 13.2 Å². The lowest BCUT2D eigenvalue weighted by atomic mass is 10.2. The topological polar surface area (TPSA) is 32.7 Å². The van der Waals surface area contributed by atoms with Crippen molar-refractivity contribution in [1.29, 1.82) is 0 Å². The number of aliphatic hydroxyl groups excluding tert-OH is 1. The fourth-order valence-corrected chi connectivity index (χ4v) is 2.11. The first-order chi connectivity index (χ1) is 9.35. The first-order valence-corrected chi connectivity index (χ1v) is 6.46. The maximum Gasteiger partial charge on any atom is 0.401 e. The standard InChI is InChI=1S/C13H17ClF3NO2/c1-20-12-4-3-10(7-11(12)14)8-18(5-2-6-19)9-13(15,16)17/h3-4,7,19H,2,5-6,8-9H2,1H3. The number of alkyl halides is 3. The second-order valence-electron chi connectivity index (χ2n) is 4.37. The Bertz CT molecular complexity index is 427. The number of hydrogen-bond donors (Lipinski definition) is 1. The number of hydrogen-bond acceptors (Lipinski definition) is 3. The van der Waals surface area contributed by atoms with Crippen molar-refractivity contribution >= 4 is 11.6 Å². The number of ether oxygens (including phenoxy) is 1. The maximum atomic E-state index is 12.5. The molecule has 0 bridgehead atoms. The van der Waals surface area contributed by atoms with E-state index >= 15 is 0 Å². The first-order valence-electron chi connectivity index (χ1n) is 6.08. The maximum absolute atomic E-state index is 12.5. The highest BCUT2D eigenvalue weighted by Gasteiger charge is 2.30. The molecule has 0 saturated heterocycles. The predicted molar refractivity (Wildman–Crippen MR) is 71.0 cm³/mol. The molecule has 0 aliphatic rings. The minimum absolute atomic E-state index is 0.114. The third-order valence-corrected chi connectivity index (χ3v) is 2.95. The SMILES string of the molecule is COc1ccc(CN(CCCO)CC(F)(F)F)cc1Cl. The van der Waals surface area contributed by atoms with Gasteiger partial charge >= 0.3 is 6.18 Å². The molecule has 0 saturated carbocycles. The van der Waals surface area contributed by atoms with Crippen molar-refractivity contribution in [2.24, 2.45) is 0 Å². The lowest BCUT2D eigenvalue weighted by Crippen LogP contribution is -2.34. The minimum Gasteiger partial charge on any atom is -0.495 e. The average Bonchev–Trinajstić information content (AvgIpc) is 2.34. The summed E-state index contributed by atoms with van der Waals surface area (Å²) in [6.45, 7) is -0.878. The monoisotopic (exact) mass is 311 g/mol. The fourth-order valence-electron chi connectivity index (χ4n) is 1.83.